The van der Waals surface area contributed by atoms with Gasteiger partial charge < -0.3 is 9.64 Å². The van der Waals surface area contributed by atoms with Crippen molar-refractivity contribution < 1.29 is 13.5 Å². The fraction of sp³-hybridized carbons (Fsp3) is 0.333. The third-order valence-electron chi connectivity index (χ3n) is 1.56. The molecule has 1 atom stereocenters. The SMILES string of the molecule is CN(C)c1cccc(OC(F)[18F])c1. The van der Waals surface area contributed by atoms with Gasteiger partial charge in [-0.3, -0.25) is 0 Å². The van der Waals surface area contributed by atoms with Crippen LogP contribution >= 0.6 is 0 Å². The molecular formula is C9H11F2NO. The first kappa shape index (κ1) is 9.77. The Kier molecular flexibility index (Phi) is 3.06. The molecule has 13 heavy (non-hydrogen) atoms. The van der Waals surface area contributed by atoms with Crippen molar-refractivity contribution in [2.24, 2.45) is 0 Å². The lowest BCUT2D eigenvalue weighted by Gasteiger charge is -2.13. The minimum Gasteiger partial charge on any atom is -0.435 e. The predicted molar refractivity (Wildman–Crippen MR) is 47.4 cm³/mol. The summed E-state index contributed by atoms with van der Waals surface area (Å²) in [5, 5.41) is 0. The van der Waals surface area contributed by atoms with E-state index < -0.39 is 6.61 Å². The third kappa shape index (κ3) is 2.89. The van der Waals surface area contributed by atoms with Crippen molar-refractivity contribution >= 4 is 5.69 Å². The molecule has 0 aliphatic rings. The number of halogens is 2. The molecule has 0 saturated heterocycles. The quantitative estimate of drug-likeness (QED) is 0.718. The van der Waals surface area contributed by atoms with E-state index in [1.165, 1.54) is 6.07 Å². The van der Waals surface area contributed by atoms with E-state index in [-0.39, 0.29) is 5.75 Å². The van der Waals surface area contributed by atoms with Gasteiger partial charge in [0, 0.05) is 25.8 Å². The zero-order valence-electron chi connectivity index (χ0n) is 7.50. The largest absolute Gasteiger partial charge is 0.435 e. The molecule has 0 aromatic heterocycles. The lowest BCUT2D eigenvalue weighted by atomic mass is 10.3. The molecule has 0 saturated carbocycles. The van der Waals surface area contributed by atoms with Gasteiger partial charge in [0.1, 0.15) is 5.75 Å². The van der Waals surface area contributed by atoms with Crippen LogP contribution in [0.3, 0.4) is 0 Å². The average Bonchev–Trinajstić information content (AvgIpc) is 2.03. The molecule has 1 unspecified atom stereocenters. The van der Waals surface area contributed by atoms with Gasteiger partial charge in [-0.25, -0.2) is 0 Å². The van der Waals surface area contributed by atoms with Gasteiger partial charge in [0.05, 0.1) is 0 Å². The topological polar surface area (TPSA) is 12.5 Å². The average molecular weight is 186 g/mol. The highest BCUT2D eigenvalue weighted by molar-refractivity contribution is 5.49. The molecule has 0 fully saturated rings. The fourth-order valence-corrected chi connectivity index (χ4v) is 0.938. The molecule has 1 aromatic carbocycles. The summed E-state index contributed by atoms with van der Waals surface area (Å²) in [6.07, 6.45) is 0. The molecule has 0 bridgehead atoms. The third-order valence-corrected chi connectivity index (χ3v) is 1.56. The van der Waals surface area contributed by atoms with E-state index in [4.69, 9.17) is 0 Å². The molecule has 1 aromatic rings. The maximum absolute atomic E-state index is 11.8. The molecular weight excluding hydrogens is 175 g/mol. The number of benzene rings is 1. The minimum absolute atomic E-state index is 0.182. The van der Waals surface area contributed by atoms with Gasteiger partial charge in [0.15, 0.2) is 0 Å². The number of alkyl halides is 2. The normalized spacial score (nSPS) is 12.3. The van der Waals surface area contributed by atoms with Crippen LogP contribution in [-0.2, 0) is 0 Å². The van der Waals surface area contributed by atoms with E-state index in [0.717, 1.165) is 5.69 Å². The standard InChI is InChI=1S/C9H11F2NO/c1-12(2)7-4-3-5-8(6-7)13-9(10)11/h3-6,9H,1-2H3/i10-1. The second-order valence-electron chi connectivity index (χ2n) is 2.77. The Labute approximate surface area is 75.7 Å². The lowest BCUT2D eigenvalue weighted by Crippen LogP contribution is -2.09. The Balaban J connectivity index is 2.79. The Bertz CT molecular complexity index is 276. The van der Waals surface area contributed by atoms with Crippen LogP contribution in [0.5, 0.6) is 5.75 Å². The highest BCUT2D eigenvalue weighted by Gasteiger charge is 2.04. The van der Waals surface area contributed by atoms with E-state index in [9.17, 15) is 8.78 Å². The van der Waals surface area contributed by atoms with Crippen LogP contribution in [0.15, 0.2) is 24.3 Å². The van der Waals surface area contributed by atoms with Gasteiger partial charge in [0.25, 0.3) is 0 Å². The van der Waals surface area contributed by atoms with Crippen molar-refractivity contribution in [1.29, 1.82) is 0 Å². The summed E-state index contributed by atoms with van der Waals surface area (Å²) >= 11 is 0. The molecule has 0 N–H and O–H groups in total. The molecule has 0 amide bonds. The fourth-order valence-electron chi connectivity index (χ4n) is 0.938. The summed E-state index contributed by atoms with van der Waals surface area (Å²) in [5.41, 5.74) is 0.832. The van der Waals surface area contributed by atoms with Crippen molar-refractivity contribution in [2.75, 3.05) is 19.0 Å². The Hall–Kier alpha value is -1.32. The second kappa shape index (κ2) is 4.07. The molecule has 0 heterocycles. The highest BCUT2D eigenvalue weighted by atomic mass is 19.2. The summed E-state index contributed by atoms with van der Waals surface area (Å²) < 4.78 is 27.9. The zero-order valence-corrected chi connectivity index (χ0v) is 7.50. The van der Waals surface area contributed by atoms with Crippen LogP contribution in [0.4, 0.5) is 14.5 Å². The summed E-state index contributed by atoms with van der Waals surface area (Å²) in [6, 6.07) is 6.55. The van der Waals surface area contributed by atoms with E-state index in [0.29, 0.717) is 0 Å². The van der Waals surface area contributed by atoms with Gasteiger partial charge in [-0.1, -0.05) is 6.07 Å². The first-order valence-corrected chi connectivity index (χ1v) is 3.82. The van der Waals surface area contributed by atoms with E-state index in [2.05, 4.69) is 4.74 Å². The van der Waals surface area contributed by atoms with Crippen LogP contribution in [0.2, 0.25) is 0 Å². The van der Waals surface area contributed by atoms with E-state index in [1.54, 1.807) is 12.1 Å². The van der Waals surface area contributed by atoms with Crippen LogP contribution in [0.1, 0.15) is 0 Å². The van der Waals surface area contributed by atoms with Gasteiger partial charge in [0.2, 0.25) is 0 Å². The Morgan fingerprint density at radius 1 is 1.31 bits per heavy atom. The molecule has 72 valence electrons. The monoisotopic (exact) mass is 186 g/mol. The summed E-state index contributed by atoms with van der Waals surface area (Å²) in [6.45, 7) is -2.77. The molecule has 0 aliphatic heterocycles. The van der Waals surface area contributed by atoms with Crippen LogP contribution in [0.25, 0.3) is 0 Å². The van der Waals surface area contributed by atoms with Crippen LogP contribution < -0.4 is 9.64 Å². The number of rotatable bonds is 3. The molecule has 4 heteroatoms. The summed E-state index contributed by atoms with van der Waals surface area (Å²) in [5.74, 6) is 0.182. The van der Waals surface area contributed by atoms with Crippen LogP contribution in [-0.4, -0.2) is 20.7 Å². The first-order valence-electron chi connectivity index (χ1n) is 3.82. The Morgan fingerprint density at radius 3 is 2.54 bits per heavy atom. The van der Waals surface area contributed by atoms with E-state index in [1.807, 2.05) is 25.1 Å². The van der Waals surface area contributed by atoms with Crippen molar-refractivity contribution in [1.82, 2.24) is 0 Å². The molecule has 0 radical (unpaired) electrons. The maximum atomic E-state index is 11.8. The van der Waals surface area contributed by atoms with Crippen molar-refractivity contribution in [2.45, 2.75) is 6.61 Å². The molecule has 2 nitrogen and oxygen atoms in total. The zero-order chi connectivity index (χ0) is 9.84. The van der Waals surface area contributed by atoms with Crippen molar-refractivity contribution in [3.05, 3.63) is 24.3 Å². The van der Waals surface area contributed by atoms with Gasteiger partial charge >= 0.3 is 6.61 Å². The first-order chi connectivity index (χ1) is 6.09. The Morgan fingerprint density at radius 2 is 2.00 bits per heavy atom. The minimum atomic E-state index is -2.77. The van der Waals surface area contributed by atoms with Crippen molar-refractivity contribution in [3.8, 4) is 5.75 Å². The lowest BCUT2D eigenvalue weighted by molar-refractivity contribution is -0.0498. The number of nitrogens with zero attached hydrogens (tertiary/aromatic N) is 1. The summed E-state index contributed by atoms with van der Waals surface area (Å²) in [4.78, 5) is 1.82. The molecule has 0 spiro atoms. The van der Waals surface area contributed by atoms with Gasteiger partial charge in [-0.05, 0) is 12.1 Å². The van der Waals surface area contributed by atoms with Gasteiger partial charge in [-0.15, -0.1) is 0 Å². The second-order valence-corrected chi connectivity index (χ2v) is 2.77. The number of ether oxygens (including phenoxy) is 1. The number of hydrogen-bond acceptors (Lipinski definition) is 2. The van der Waals surface area contributed by atoms with Crippen molar-refractivity contribution in [3.63, 3.8) is 0 Å². The molecule has 0 aliphatic carbocycles. The predicted octanol–water partition coefficient (Wildman–Crippen LogP) is 2.35. The van der Waals surface area contributed by atoms with Crippen LogP contribution in [0, 0.1) is 0 Å². The molecule has 1 rings (SSSR count). The smallest absolute Gasteiger partial charge is 0.387 e. The maximum Gasteiger partial charge on any atom is 0.387 e. The van der Waals surface area contributed by atoms with Gasteiger partial charge in [-0.2, -0.15) is 8.78 Å². The number of anilines is 1. The highest BCUT2D eigenvalue weighted by Crippen LogP contribution is 2.20. The van der Waals surface area contributed by atoms with E-state index >= 15 is 0 Å². The number of hydrogen-bond donors (Lipinski definition) is 0. The summed E-state index contributed by atoms with van der Waals surface area (Å²) in [7, 11) is 3.67.